The van der Waals surface area contributed by atoms with Crippen LogP contribution in [0.1, 0.15) is 62.3 Å². The van der Waals surface area contributed by atoms with Crippen molar-refractivity contribution in [2.24, 2.45) is 5.92 Å². The van der Waals surface area contributed by atoms with E-state index in [9.17, 15) is 4.79 Å². The van der Waals surface area contributed by atoms with Crippen LogP contribution in [0, 0.1) is 5.92 Å². The third kappa shape index (κ3) is 4.32. The van der Waals surface area contributed by atoms with Crippen molar-refractivity contribution in [1.82, 2.24) is 10.2 Å². The number of thiophene rings is 1. The van der Waals surface area contributed by atoms with E-state index in [0.29, 0.717) is 12.5 Å². The summed E-state index contributed by atoms with van der Waals surface area (Å²) in [6.45, 7) is 3.10. The third-order valence-electron chi connectivity index (χ3n) is 5.20. The lowest BCUT2D eigenvalue weighted by atomic mass is 10.0. The van der Waals surface area contributed by atoms with Crippen LogP contribution in [0.3, 0.4) is 0 Å². The number of nitrogens with zero attached hydrogens (tertiary/aromatic N) is 1. The van der Waals surface area contributed by atoms with Crippen molar-refractivity contribution in [2.45, 2.75) is 57.4 Å². The van der Waals surface area contributed by atoms with E-state index in [-0.39, 0.29) is 5.91 Å². The zero-order valence-corrected chi connectivity index (χ0v) is 14.2. The van der Waals surface area contributed by atoms with Crippen LogP contribution in [0.5, 0.6) is 0 Å². The highest BCUT2D eigenvalue weighted by atomic mass is 32.1. The van der Waals surface area contributed by atoms with Crippen LogP contribution in [-0.4, -0.2) is 30.4 Å². The molecule has 2 aliphatic rings. The summed E-state index contributed by atoms with van der Waals surface area (Å²) in [4.78, 5) is 16.1. The molecule has 2 fully saturated rings. The lowest BCUT2D eigenvalue weighted by Crippen LogP contribution is -2.36. The third-order valence-corrected chi connectivity index (χ3v) is 6.17. The Morgan fingerprint density at radius 2 is 2.05 bits per heavy atom. The maximum Gasteiger partial charge on any atom is 0.220 e. The van der Waals surface area contributed by atoms with Gasteiger partial charge in [0.25, 0.3) is 0 Å². The Morgan fingerprint density at radius 1 is 1.27 bits per heavy atom. The lowest BCUT2D eigenvalue weighted by molar-refractivity contribution is -0.121. The molecule has 0 bridgehead atoms. The molecule has 1 saturated heterocycles. The van der Waals surface area contributed by atoms with Gasteiger partial charge in [0.1, 0.15) is 0 Å². The van der Waals surface area contributed by atoms with E-state index in [0.717, 1.165) is 18.9 Å². The fourth-order valence-electron chi connectivity index (χ4n) is 3.88. The van der Waals surface area contributed by atoms with Crippen molar-refractivity contribution in [3.63, 3.8) is 0 Å². The largest absolute Gasteiger partial charge is 0.354 e. The fourth-order valence-corrected chi connectivity index (χ4v) is 4.74. The SMILES string of the molecule is O=C(CCC1CCCC1)NCC(c1cccs1)N1CCCC1. The summed E-state index contributed by atoms with van der Waals surface area (Å²) in [7, 11) is 0. The van der Waals surface area contributed by atoms with E-state index in [1.165, 1.54) is 56.5 Å². The molecule has 22 heavy (non-hydrogen) atoms. The molecule has 1 atom stereocenters. The van der Waals surface area contributed by atoms with Gasteiger partial charge in [-0.05, 0) is 49.7 Å². The molecular weight excluding hydrogens is 292 g/mol. The Balaban J connectivity index is 1.47. The van der Waals surface area contributed by atoms with Gasteiger partial charge in [-0.25, -0.2) is 0 Å². The Hall–Kier alpha value is -0.870. The first-order valence-electron chi connectivity index (χ1n) is 8.87. The molecule has 1 N–H and O–H groups in total. The second kappa shape index (κ2) is 8.11. The zero-order chi connectivity index (χ0) is 15.2. The van der Waals surface area contributed by atoms with Gasteiger partial charge < -0.3 is 5.32 Å². The molecule has 1 aromatic rings. The topological polar surface area (TPSA) is 32.3 Å². The maximum atomic E-state index is 12.2. The molecule has 0 spiro atoms. The summed E-state index contributed by atoms with van der Waals surface area (Å²) < 4.78 is 0. The van der Waals surface area contributed by atoms with Crippen LogP contribution in [0.4, 0.5) is 0 Å². The average Bonchev–Trinajstić information content (AvgIpc) is 3.27. The number of rotatable bonds is 7. The second-order valence-corrected chi connectivity index (χ2v) is 7.75. The number of hydrogen-bond donors (Lipinski definition) is 1. The van der Waals surface area contributed by atoms with Crippen LogP contribution in [0.15, 0.2) is 17.5 Å². The van der Waals surface area contributed by atoms with E-state index in [4.69, 9.17) is 0 Å². The minimum Gasteiger partial charge on any atom is -0.354 e. The van der Waals surface area contributed by atoms with Gasteiger partial charge >= 0.3 is 0 Å². The summed E-state index contributed by atoms with van der Waals surface area (Å²) in [6, 6.07) is 4.70. The van der Waals surface area contributed by atoms with Crippen molar-refractivity contribution in [1.29, 1.82) is 0 Å². The number of likely N-dealkylation sites (tertiary alicyclic amines) is 1. The van der Waals surface area contributed by atoms with Gasteiger partial charge in [-0.1, -0.05) is 31.7 Å². The van der Waals surface area contributed by atoms with Gasteiger partial charge in [-0.15, -0.1) is 11.3 Å². The van der Waals surface area contributed by atoms with Crippen LogP contribution in [0.2, 0.25) is 0 Å². The Morgan fingerprint density at radius 3 is 2.73 bits per heavy atom. The quantitative estimate of drug-likeness (QED) is 0.824. The smallest absolute Gasteiger partial charge is 0.220 e. The summed E-state index contributed by atoms with van der Waals surface area (Å²) in [5, 5.41) is 5.34. The zero-order valence-electron chi connectivity index (χ0n) is 13.4. The molecular formula is C18H28N2OS. The normalized spacial score (nSPS) is 21.3. The molecule has 0 aromatic carbocycles. The molecule has 3 rings (SSSR count). The van der Waals surface area contributed by atoms with Crippen molar-refractivity contribution >= 4 is 17.2 Å². The van der Waals surface area contributed by atoms with E-state index < -0.39 is 0 Å². The highest BCUT2D eigenvalue weighted by Crippen LogP contribution is 2.29. The molecule has 1 aliphatic carbocycles. The summed E-state index contributed by atoms with van der Waals surface area (Å²) in [6.07, 6.45) is 9.76. The summed E-state index contributed by atoms with van der Waals surface area (Å²) in [5.41, 5.74) is 0. The van der Waals surface area contributed by atoms with Crippen LogP contribution in [0.25, 0.3) is 0 Å². The van der Waals surface area contributed by atoms with E-state index >= 15 is 0 Å². The monoisotopic (exact) mass is 320 g/mol. The molecule has 1 unspecified atom stereocenters. The van der Waals surface area contributed by atoms with Gasteiger partial charge in [0.15, 0.2) is 0 Å². The fraction of sp³-hybridized carbons (Fsp3) is 0.722. The standard InChI is InChI=1S/C18H28N2OS/c21-18(10-9-15-6-1-2-7-15)19-14-16(17-8-5-13-22-17)20-11-3-4-12-20/h5,8,13,15-16H,1-4,6-7,9-12,14H2,(H,19,21). The Labute approximate surface area is 138 Å². The minimum atomic E-state index is 0.243. The lowest BCUT2D eigenvalue weighted by Gasteiger charge is -2.27. The van der Waals surface area contributed by atoms with Gasteiger partial charge in [-0.2, -0.15) is 0 Å². The number of carbonyl (C=O) groups excluding carboxylic acids is 1. The van der Waals surface area contributed by atoms with Crippen molar-refractivity contribution in [3.8, 4) is 0 Å². The van der Waals surface area contributed by atoms with E-state index in [2.05, 4.69) is 27.7 Å². The van der Waals surface area contributed by atoms with Gasteiger partial charge in [0, 0.05) is 17.8 Å². The average molecular weight is 321 g/mol. The first-order chi connectivity index (χ1) is 10.8. The van der Waals surface area contributed by atoms with Crippen LogP contribution < -0.4 is 5.32 Å². The number of amides is 1. The number of hydrogen-bond acceptors (Lipinski definition) is 3. The molecule has 3 nitrogen and oxygen atoms in total. The molecule has 1 aliphatic heterocycles. The molecule has 2 heterocycles. The molecule has 1 aromatic heterocycles. The Bertz CT molecular complexity index is 448. The van der Waals surface area contributed by atoms with Gasteiger partial charge in [0.05, 0.1) is 6.04 Å². The molecule has 4 heteroatoms. The van der Waals surface area contributed by atoms with Crippen molar-refractivity contribution in [3.05, 3.63) is 22.4 Å². The van der Waals surface area contributed by atoms with Gasteiger partial charge in [-0.3, -0.25) is 9.69 Å². The minimum absolute atomic E-state index is 0.243. The summed E-state index contributed by atoms with van der Waals surface area (Å²) in [5.74, 6) is 1.05. The first kappa shape index (κ1) is 16.0. The van der Waals surface area contributed by atoms with E-state index in [1.807, 2.05) is 11.3 Å². The molecule has 1 saturated carbocycles. The number of carbonyl (C=O) groups is 1. The molecule has 122 valence electrons. The second-order valence-electron chi connectivity index (χ2n) is 6.77. The molecule has 1 amide bonds. The summed E-state index contributed by atoms with van der Waals surface area (Å²) >= 11 is 1.81. The first-order valence-corrected chi connectivity index (χ1v) is 9.75. The highest BCUT2D eigenvalue weighted by Gasteiger charge is 2.24. The molecule has 0 radical (unpaired) electrons. The van der Waals surface area contributed by atoms with Gasteiger partial charge in [0.2, 0.25) is 5.91 Å². The van der Waals surface area contributed by atoms with E-state index in [1.54, 1.807) is 0 Å². The predicted molar refractivity (Wildman–Crippen MR) is 92.1 cm³/mol. The highest BCUT2D eigenvalue weighted by molar-refractivity contribution is 7.10. The van der Waals surface area contributed by atoms with Crippen molar-refractivity contribution in [2.75, 3.05) is 19.6 Å². The Kier molecular flexibility index (Phi) is 5.90. The number of nitrogens with one attached hydrogen (secondary N) is 1. The van der Waals surface area contributed by atoms with Crippen molar-refractivity contribution < 1.29 is 4.79 Å². The van der Waals surface area contributed by atoms with Crippen LogP contribution >= 0.6 is 11.3 Å². The maximum absolute atomic E-state index is 12.2. The van der Waals surface area contributed by atoms with Crippen LogP contribution in [-0.2, 0) is 4.79 Å². The predicted octanol–water partition coefficient (Wildman–Crippen LogP) is 3.97.